The van der Waals surface area contributed by atoms with Crippen LogP contribution in [0.25, 0.3) is 0 Å². The zero-order valence-corrected chi connectivity index (χ0v) is 10.3. The number of thioether (sulfide) groups is 1. The van der Waals surface area contributed by atoms with Gasteiger partial charge in [0.15, 0.2) is 5.16 Å². The van der Waals surface area contributed by atoms with Crippen molar-refractivity contribution in [3.8, 4) is 0 Å². The largest absolute Gasteiger partial charge is 0.324 e. The predicted octanol–water partition coefficient (Wildman–Crippen LogP) is -0.589. The van der Waals surface area contributed by atoms with Gasteiger partial charge >= 0.3 is 0 Å². The molecule has 86 valence electrons. The molecule has 0 saturated carbocycles. The predicted molar refractivity (Wildman–Crippen MR) is 59.3 cm³/mol. The fraction of sp³-hybridized carbons (Fsp3) is 0.714. The van der Waals surface area contributed by atoms with E-state index in [0.29, 0.717) is 23.3 Å². The van der Waals surface area contributed by atoms with E-state index in [0.717, 1.165) is 0 Å². The lowest BCUT2D eigenvalue weighted by molar-refractivity contribution is 0.603. The van der Waals surface area contributed by atoms with Crippen molar-refractivity contribution in [1.29, 1.82) is 0 Å². The molecule has 0 radical (unpaired) electrons. The normalized spacial score (nSPS) is 11.9. The van der Waals surface area contributed by atoms with E-state index in [-0.39, 0.29) is 5.75 Å². The van der Waals surface area contributed by atoms with Crippen LogP contribution in [0.15, 0.2) is 5.16 Å². The molecular formula is C7H14N4O2S2. The maximum atomic E-state index is 10.9. The third-order valence-corrected chi connectivity index (χ3v) is 4.02. The molecule has 0 fully saturated rings. The third kappa shape index (κ3) is 3.80. The van der Waals surface area contributed by atoms with Crippen LogP contribution in [0.3, 0.4) is 0 Å². The summed E-state index contributed by atoms with van der Waals surface area (Å²) < 4.78 is 23.6. The number of nitrogens with zero attached hydrogens (tertiary/aromatic N) is 3. The molecule has 1 rings (SSSR count). The molecule has 6 nitrogen and oxygen atoms in total. The summed E-state index contributed by atoms with van der Waals surface area (Å²) in [6, 6.07) is 0. The monoisotopic (exact) mass is 250 g/mol. The molecule has 1 aromatic rings. The summed E-state index contributed by atoms with van der Waals surface area (Å²) >= 11 is 1.36. The number of hydrogen-bond donors (Lipinski definition) is 1. The summed E-state index contributed by atoms with van der Waals surface area (Å²) in [5.41, 5.74) is 5.43. The van der Waals surface area contributed by atoms with Crippen LogP contribution in [-0.4, -0.2) is 40.9 Å². The molecule has 1 heterocycles. The van der Waals surface area contributed by atoms with E-state index in [1.165, 1.54) is 18.0 Å². The van der Waals surface area contributed by atoms with Gasteiger partial charge < -0.3 is 10.3 Å². The van der Waals surface area contributed by atoms with Gasteiger partial charge in [-0.1, -0.05) is 11.8 Å². The van der Waals surface area contributed by atoms with Crippen LogP contribution in [-0.2, 0) is 23.4 Å². The first-order valence-electron chi connectivity index (χ1n) is 4.33. The average molecular weight is 250 g/mol. The Morgan fingerprint density at radius 1 is 1.47 bits per heavy atom. The van der Waals surface area contributed by atoms with Gasteiger partial charge in [0.1, 0.15) is 15.7 Å². The molecule has 0 unspecified atom stereocenters. The second-order valence-electron chi connectivity index (χ2n) is 3.14. The standard InChI is InChI=1S/C7H14N4O2S2/c1-11-6(5-8)9-10-7(11)14-3-4-15(2,12)13/h3-5,8H2,1-2H3. The maximum Gasteiger partial charge on any atom is 0.191 e. The van der Waals surface area contributed by atoms with Crippen molar-refractivity contribution >= 4 is 21.6 Å². The van der Waals surface area contributed by atoms with Crippen LogP contribution in [0.4, 0.5) is 0 Å². The van der Waals surface area contributed by atoms with Crippen LogP contribution < -0.4 is 5.73 Å². The van der Waals surface area contributed by atoms with E-state index < -0.39 is 9.84 Å². The van der Waals surface area contributed by atoms with Gasteiger partial charge in [-0.2, -0.15) is 0 Å². The van der Waals surface area contributed by atoms with Crippen molar-refractivity contribution in [2.75, 3.05) is 17.8 Å². The smallest absolute Gasteiger partial charge is 0.191 e. The summed E-state index contributed by atoms with van der Waals surface area (Å²) in [7, 11) is -1.10. The minimum absolute atomic E-state index is 0.141. The second kappa shape index (κ2) is 4.95. The highest BCUT2D eigenvalue weighted by atomic mass is 32.2. The van der Waals surface area contributed by atoms with Gasteiger partial charge in [-0.15, -0.1) is 10.2 Å². The van der Waals surface area contributed by atoms with Crippen molar-refractivity contribution in [1.82, 2.24) is 14.8 Å². The lowest BCUT2D eigenvalue weighted by Gasteiger charge is -2.01. The average Bonchev–Trinajstić information content (AvgIpc) is 2.46. The molecule has 0 aliphatic rings. The Hall–Kier alpha value is -0.600. The van der Waals surface area contributed by atoms with Crippen molar-refractivity contribution in [2.24, 2.45) is 12.8 Å². The van der Waals surface area contributed by atoms with Crippen LogP contribution >= 0.6 is 11.8 Å². The first kappa shape index (κ1) is 12.5. The topological polar surface area (TPSA) is 90.9 Å². The summed E-state index contributed by atoms with van der Waals surface area (Å²) in [6.07, 6.45) is 1.22. The Morgan fingerprint density at radius 2 is 2.13 bits per heavy atom. The fourth-order valence-electron chi connectivity index (χ4n) is 0.933. The van der Waals surface area contributed by atoms with Crippen molar-refractivity contribution < 1.29 is 8.42 Å². The van der Waals surface area contributed by atoms with Gasteiger partial charge in [0.2, 0.25) is 0 Å². The molecule has 8 heteroatoms. The van der Waals surface area contributed by atoms with Gasteiger partial charge in [0.05, 0.1) is 12.3 Å². The molecule has 0 saturated heterocycles. The fourth-order valence-corrected chi connectivity index (χ4v) is 3.06. The van der Waals surface area contributed by atoms with Gasteiger partial charge in [-0.3, -0.25) is 0 Å². The molecule has 0 spiro atoms. The van der Waals surface area contributed by atoms with Gasteiger partial charge in [-0.25, -0.2) is 8.42 Å². The van der Waals surface area contributed by atoms with E-state index in [4.69, 9.17) is 5.73 Å². The first-order chi connectivity index (χ1) is 6.94. The Labute approximate surface area is 93.2 Å². The van der Waals surface area contributed by atoms with Crippen molar-refractivity contribution in [3.63, 3.8) is 0 Å². The van der Waals surface area contributed by atoms with Crippen molar-refractivity contribution in [2.45, 2.75) is 11.7 Å². The number of sulfone groups is 1. The van der Waals surface area contributed by atoms with E-state index in [1.54, 1.807) is 4.57 Å². The zero-order valence-electron chi connectivity index (χ0n) is 8.67. The first-order valence-corrected chi connectivity index (χ1v) is 7.37. The summed E-state index contributed by atoms with van der Waals surface area (Å²) in [5.74, 6) is 1.31. The SMILES string of the molecule is Cn1c(CN)nnc1SCCS(C)(=O)=O. The van der Waals surface area contributed by atoms with E-state index in [9.17, 15) is 8.42 Å². The Bertz CT molecular complexity index is 426. The Morgan fingerprint density at radius 3 is 2.60 bits per heavy atom. The summed E-state index contributed by atoms with van der Waals surface area (Å²) in [4.78, 5) is 0. The number of nitrogens with two attached hydrogens (primary N) is 1. The Kier molecular flexibility index (Phi) is 4.12. The van der Waals surface area contributed by atoms with E-state index >= 15 is 0 Å². The molecular weight excluding hydrogens is 236 g/mol. The molecule has 1 aromatic heterocycles. The molecule has 0 aliphatic heterocycles. The van der Waals surface area contributed by atoms with Gasteiger partial charge in [-0.05, 0) is 0 Å². The highest BCUT2D eigenvalue weighted by Gasteiger charge is 2.09. The molecule has 0 bridgehead atoms. The highest BCUT2D eigenvalue weighted by Crippen LogP contribution is 2.15. The quantitative estimate of drug-likeness (QED) is 0.702. The number of aromatic nitrogens is 3. The van der Waals surface area contributed by atoms with E-state index in [1.807, 2.05) is 7.05 Å². The molecule has 0 amide bonds. The lowest BCUT2D eigenvalue weighted by Crippen LogP contribution is -2.07. The van der Waals surface area contributed by atoms with Crippen LogP contribution in [0.5, 0.6) is 0 Å². The maximum absolute atomic E-state index is 10.9. The third-order valence-electron chi connectivity index (χ3n) is 1.79. The van der Waals surface area contributed by atoms with Crippen LogP contribution in [0, 0.1) is 0 Å². The lowest BCUT2D eigenvalue weighted by atomic mass is 10.6. The highest BCUT2D eigenvalue weighted by molar-refractivity contribution is 8.00. The summed E-state index contributed by atoms with van der Waals surface area (Å²) in [6.45, 7) is 0.330. The number of hydrogen-bond acceptors (Lipinski definition) is 6. The summed E-state index contributed by atoms with van der Waals surface area (Å²) in [5, 5.41) is 8.47. The second-order valence-corrected chi connectivity index (χ2v) is 6.46. The minimum Gasteiger partial charge on any atom is -0.324 e. The van der Waals surface area contributed by atoms with Gasteiger partial charge in [0, 0.05) is 19.1 Å². The molecule has 0 aliphatic carbocycles. The molecule has 15 heavy (non-hydrogen) atoms. The Balaban J connectivity index is 2.55. The zero-order chi connectivity index (χ0) is 11.5. The van der Waals surface area contributed by atoms with E-state index in [2.05, 4.69) is 10.2 Å². The molecule has 0 atom stereocenters. The minimum atomic E-state index is -2.91. The number of rotatable bonds is 5. The van der Waals surface area contributed by atoms with Crippen LogP contribution in [0.1, 0.15) is 5.82 Å². The van der Waals surface area contributed by atoms with Crippen LogP contribution in [0.2, 0.25) is 0 Å². The molecule has 0 aromatic carbocycles. The van der Waals surface area contributed by atoms with Crippen molar-refractivity contribution in [3.05, 3.63) is 5.82 Å². The molecule has 2 N–H and O–H groups in total. The van der Waals surface area contributed by atoms with Gasteiger partial charge in [0.25, 0.3) is 0 Å².